The lowest BCUT2D eigenvalue weighted by Gasteiger charge is -2.10. The Morgan fingerprint density at radius 2 is 1.67 bits per heavy atom. The van der Waals surface area contributed by atoms with Crippen LogP contribution in [-0.4, -0.2) is 10.7 Å². The first kappa shape index (κ1) is 23.3. The van der Waals surface area contributed by atoms with Gasteiger partial charge < -0.3 is 0 Å². The second-order valence-electron chi connectivity index (χ2n) is 4.59. The highest BCUT2D eigenvalue weighted by Crippen LogP contribution is 2.35. The second kappa shape index (κ2) is 12.7. The minimum atomic E-state index is -0.546. The number of alkyl halides is 2. The third-order valence-corrected chi connectivity index (χ3v) is 4.17. The predicted octanol–water partition coefficient (Wildman–Crippen LogP) is 7.62. The summed E-state index contributed by atoms with van der Waals surface area (Å²) < 4.78 is 0. The summed E-state index contributed by atoms with van der Waals surface area (Å²) in [5, 5.41) is 11.7. The Morgan fingerprint density at radius 3 is 2.29 bits per heavy atom. The molecule has 0 radical (unpaired) electrons. The molecule has 5 heteroatoms. The van der Waals surface area contributed by atoms with Gasteiger partial charge in [-0.2, -0.15) is 5.26 Å². The molecule has 130 valence electrons. The van der Waals surface area contributed by atoms with Crippen LogP contribution >= 0.6 is 50.9 Å². The van der Waals surface area contributed by atoms with Gasteiger partial charge in [-0.25, -0.2) is 0 Å². The molecule has 24 heavy (non-hydrogen) atoms. The van der Waals surface area contributed by atoms with Gasteiger partial charge >= 0.3 is 0 Å². The van der Waals surface area contributed by atoms with E-state index in [1.807, 2.05) is 69.1 Å². The maximum absolute atomic E-state index is 8.95. The third-order valence-electron chi connectivity index (χ3n) is 2.93. The maximum Gasteiger partial charge on any atom is 0.138 e. The lowest BCUT2D eigenvalue weighted by atomic mass is 10.0. The van der Waals surface area contributed by atoms with E-state index in [9.17, 15) is 0 Å². The Kier molecular flexibility index (Phi) is 12.3. The van der Waals surface area contributed by atoms with Crippen LogP contribution in [0.1, 0.15) is 27.2 Å². The minimum Gasteiger partial charge on any atom is -0.185 e. The van der Waals surface area contributed by atoms with Crippen LogP contribution in [0.5, 0.6) is 0 Å². The van der Waals surface area contributed by atoms with Gasteiger partial charge in [0.2, 0.25) is 0 Å². The predicted molar refractivity (Wildman–Crippen MR) is 115 cm³/mol. The van der Waals surface area contributed by atoms with Crippen LogP contribution in [0.15, 0.2) is 69.7 Å². The first-order valence-electron chi connectivity index (χ1n) is 7.52. The van der Waals surface area contributed by atoms with Gasteiger partial charge in [0.05, 0.1) is 4.87 Å². The molecule has 0 aromatic heterocycles. The van der Waals surface area contributed by atoms with E-state index in [1.165, 1.54) is 0 Å². The molecule has 1 unspecified atom stereocenters. The average Bonchev–Trinajstić information content (AvgIpc) is 2.89. The van der Waals surface area contributed by atoms with Crippen molar-refractivity contribution in [3.05, 3.63) is 69.7 Å². The Labute approximate surface area is 168 Å². The van der Waals surface area contributed by atoms with Gasteiger partial charge in [-0.05, 0) is 42.6 Å². The van der Waals surface area contributed by atoms with Crippen molar-refractivity contribution in [2.45, 2.75) is 32.1 Å². The molecule has 0 heterocycles. The molecule has 0 aromatic rings. The van der Waals surface area contributed by atoms with Gasteiger partial charge in [0.1, 0.15) is 5.40 Å². The maximum atomic E-state index is 8.95. The zero-order chi connectivity index (χ0) is 18.6. The molecule has 0 saturated heterocycles. The van der Waals surface area contributed by atoms with Crippen LogP contribution in [0.2, 0.25) is 0 Å². The number of halogens is 3. The molecular weight excluding hydrogens is 425 g/mol. The minimum absolute atomic E-state index is 0.546. The van der Waals surface area contributed by atoms with E-state index in [2.05, 4.69) is 27.4 Å². The van der Waals surface area contributed by atoms with Crippen molar-refractivity contribution in [2.75, 3.05) is 5.83 Å². The molecule has 2 aliphatic carbocycles. The Hall–Kier alpha value is -0.660. The highest BCUT2D eigenvalue weighted by molar-refractivity contribution is 9.08. The number of rotatable bonds is 2. The number of allylic oxidation sites excluding steroid dienone is 11. The van der Waals surface area contributed by atoms with Gasteiger partial charge in [-0.15, -0.1) is 11.6 Å². The molecule has 0 bridgehead atoms. The smallest absolute Gasteiger partial charge is 0.138 e. The van der Waals surface area contributed by atoms with Crippen molar-refractivity contribution in [3.8, 4) is 5.40 Å². The largest absolute Gasteiger partial charge is 0.185 e. The summed E-state index contributed by atoms with van der Waals surface area (Å²) in [7, 11) is 0. The molecule has 2 aliphatic rings. The number of nitrogens with zero attached hydrogens (tertiary/aromatic N) is 1. The lowest BCUT2D eigenvalue weighted by Crippen LogP contribution is -2.06. The molecule has 0 amide bonds. The zero-order valence-corrected chi connectivity index (χ0v) is 18.2. The van der Waals surface area contributed by atoms with Gasteiger partial charge in [-0.3, -0.25) is 0 Å². The van der Waals surface area contributed by atoms with Crippen LogP contribution < -0.4 is 0 Å². The summed E-state index contributed by atoms with van der Waals surface area (Å²) >= 11 is 16.8. The van der Waals surface area contributed by atoms with Crippen LogP contribution in [0, 0.1) is 10.7 Å². The highest BCUT2D eigenvalue weighted by Gasteiger charge is 2.18. The summed E-state index contributed by atoms with van der Waals surface area (Å²) in [5.74, 6) is 1.81. The second-order valence-corrected chi connectivity index (χ2v) is 6.64. The summed E-state index contributed by atoms with van der Waals surface area (Å²) in [6, 6.07) is 0. The number of thiocyanates is 1. The normalized spacial score (nSPS) is 21.9. The van der Waals surface area contributed by atoms with Crippen molar-refractivity contribution in [1.29, 1.82) is 5.26 Å². The van der Waals surface area contributed by atoms with E-state index >= 15 is 0 Å². The van der Waals surface area contributed by atoms with Crippen molar-refractivity contribution in [3.63, 3.8) is 0 Å². The van der Waals surface area contributed by atoms with Crippen LogP contribution in [-0.2, 0) is 0 Å². The van der Waals surface area contributed by atoms with E-state index in [1.54, 1.807) is 0 Å². The van der Waals surface area contributed by atoms with Gasteiger partial charge in [0, 0.05) is 15.5 Å². The van der Waals surface area contributed by atoms with Gasteiger partial charge in [0.25, 0.3) is 0 Å². The molecule has 0 aliphatic heterocycles. The summed E-state index contributed by atoms with van der Waals surface area (Å²) in [6.07, 6.45) is 16.4. The molecule has 0 N–H and O–H groups in total. The zero-order valence-electron chi connectivity index (χ0n) is 14.3. The monoisotopic (exact) mass is 445 g/mol. The van der Waals surface area contributed by atoms with E-state index in [0.717, 1.165) is 34.2 Å². The first-order chi connectivity index (χ1) is 11.5. The molecule has 0 aromatic carbocycles. The SMILES string of the molecule is CBr.CC.CC1(Cl)C=CC(Cl)=C(C2=C(SC#N)C=CCC=C2)C=C1. The molecule has 1 atom stereocenters. The highest BCUT2D eigenvalue weighted by atomic mass is 79.9. The number of hydrogen-bond donors (Lipinski definition) is 0. The van der Waals surface area contributed by atoms with E-state index in [-0.39, 0.29) is 0 Å². The Balaban J connectivity index is 0.00000123. The summed E-state index contributed by atoms with van der Waals surface area (Å²) in [5.41, 5.74) is 1.83. The Morgan fingerprint density at radius 1 is 1.08 bits per heavy atom. The molecule has 2 rings (SSSR count). The Bertz CT molecular complexity index is 632. The summed E-state index contributed by atoms with van der Waals surface area (Å²) in [6.45, 7) is 5.90. The summed E-state index contributed by atoms with van der Waals surface area (Å²) in [4.78, 5) is 0.348. The third kappa shape index (κ3) is 7.49. The molecule has 0 spiro atoms. The quantitative estimate of drug-likeness (QED) is 0.321. The fourth-order valence-electron chi connectivity index (χ4n) is 1.90. The van der Waals surface area contributed by atoms with Crippen molar-refractivity contribution < 1.29 is 0 Å². The van der Waals surface area contributed by atoms with Gasteiger partial charge in [0.15, 0.2) is 0 Å². The van der Waals surface area contributed by atoms with Crippen molar-refractivity contribution in [2.24, 2.45) is 0 Å². The average molecular weight is 447 g/mol. The fourth-order valence-corrected chi connectivity index (χ4v) is 2.80. The topological polar surface area (TPSA) is 23.8 Å². The van der Waals surface area contributed by atoms with Gasteiger partial charge in [-0.1, -0.05) is 83.9 Å². The van der Waals surface area contributed by atoms with E-state index in [0.29, 0.717) is 5.03 Å². The number of thioether (sulfide) groups is 1. The standard InChI is InChI=1S/C16H13Cl2NS.C2H6.CH3Br/c1-16(18)9-7-12(14(17)8-10-16)13-5-3-2-4-6-15(13)20-11-19;2*1-2/h3-10H,2H2,1H3;1-2H3;1H3. The fraction of sp³-hybridized carbons (Fsp3) is 0.316. The van der Waals surface area contributed by atoms with Crippen LogP contribution in [0.3, 0.4) is 0 Å². The van der Waals surface area contributed by atoms with Crippen molar-refractivity contribution >= 4 is 50.9 Å². The molecule has 1 nitrogen and oxygen atoms in total. The number of nitriles is 1. The van der Waals surface area contributed by atoms with E-state index < -0.39 is 4.87 Å². The van der Waals surface area contributed by atoms with Crippen LogP contribution in [0.25, 0.3) is 0 Å². The van der Waals surface area contributed by atoms with E-state index in [4.69, 9.17) is 28.5 Å². The van der Waals surface area contributed by atoms with Crippen LogP contribution in [0.4, 0.5) is 0 Å². The first-order valence-corrected chi connectivity index (χ1v) is 10.7. The lowest BCUT2D eigenvalue weighted by molar-refractivity contribution is 0.992. The molecule has 0 fully saturated rings. The molecular formula is C19H22BrCl2NS. The van der Waals surface area contributed by atoms with Crippen molar-refractivity contribution in [1.82, 2.24) is 0 Å². The number of hydrogen-bond acceptors (Lipinski definition) is 2. The molecule has 0 saturated carbocycles.